The number of hydrogen-bond donors (Lipinski definition) is 0. The molecule has 2 aromatic heterocycles. The van der Waals surface area contributed by atoms with Gasteiger partial charge in [-0.1, -0.05) is 35.1 Å². The van der Waals surface area contributed by atoms with Crippen LogP contribution in [0.2, 0.25) is 0 Å². The SMILES string of the molecule is COc1ccc(-c2noc(CSc3nccn3-c3ccccc3)n2)cc1. The van der Waals surface area contributed by atoms with Gasteiger partial charge in [-0.15, -0.1) is 0 Å². The van der Waals surface area contributed by atoms with Gasteiger partial charge in [0, 0.05) is 23.6 Å². The van der Waals surface area contributed by atoms with E-state index >= 15 is 0 Å². The first kappa shape index (κ1) is 16.4. The number of nitrogens with zero attached hydrogens (tertiary/aromatic N) is 4. The molecule has 6 nitrogen and oxygen atoms in total. The van der Waals surface area contributed by atoms with Gasteiger partial charge in [0.1, 0.15) is 5.75 Å². The fourth-order valence-corrected chi connectivity index (χ4v) is 3.29. The zero-order chi connectivity index (χ0) is 17.8. The number of rotatable bonds is 6. The molecular weight excluding hydrogens is 348 g/mol. The van der Waals surface area contributed by atoms with Crippen molar-refractivity contribution in [2.45, 2.75) is 10.9 Å². The Morgan fingerprint density at radius 1 is 1.08 bits per heavy atom. The third-order valence-electron chi connectivity index (χ3n) is 3.78. The third-order valence-corrected chi connectivity index (χ3v) is 4.73. The monoisotopic (exact) mass is 364 g/mol. The molecule has 0 N–H and O–H groups in total. The van der Waals surface area contributed by atoms with Crippen LogP contribution in [0.5, 0.6) is 5.75 Å². The lowest BCUT2D eigenvalue weighted by molar-refractivity contribution is 0.391. The molecule has 4 rings (SSSR count). The lowest BCUT2D eigenvalue weighted by Gasteiger charge is -2.05. The standard InChI is InChI=1S/C19H16N4O2S/c1-24-16-9-7-14(8-10-16)18-21-17(25-22-18)13-26-19-20-11-12-23(19)15-5-3-2-4-6-15/h2-12H,13H2,1H3. The first-order chi connectivity index (χ1) is 12.8. The lowest BCUT2D eigenvalue weighted by atomic mass is 10.2. The van der Waals surface area contributed by atoms with E-state index in [9.17, 15) is 0 Å². The van der Waals surface area contributed by atoms with E-state index in [0.29, 0.717) is 17.5 Å². The molecule has 0 aliphatic carbocycles. The second kappa shape index (κ2) is 7.45. The molecular formula is C19H16N4O2S. The number of hydrogen-bond acceptors (Lipinski definition) is 6. The van der Waals surface area contributed by atoms with Gasteiger partial charge in [-0.05, 0) is 36.4 Å². The number of benzene rings is 2. The number of aromatic nitrogens is 4. The number of imidazole rings is 1. The van der Waals surface area contributed by atoms with Crippen LogP contribution in [0.25, 0.3) is 17.1 Å². The van der Waals surface area contributed by atoms with E-state index in [1.165, 1.54) is 0 Å². The van der Waals surface area contributed by atoms with Crippen LogP contribution >= 0.6 is 11.8 Å². The van der Waals surface area contributed by atoms with Crippen LogP contribution in [-0.2, 0) is 5.75 Å². The summed E-state index contributed by atoms with van der Waals surface area (Å²) >= 11 is 1.55. The Morgan fingerprint density at radius 2 is 1.88 bits per heavy atom. The maximum atomic E-state index is 5.37. The minimum atomic E-state index is 0.549. The normalized spacial score (nSPS) is 10.8. The molecule has 0 saturated carbocycles. The molecule has 2 heterocycles. The van der Waals surface area contributed by atoms with Crippen molar-refractivity contribution < 1.29 is 9.26 Å². The minimum absolute atomic E-state index is 0.549. The summed E-state index contributed by atoms with van der Waals surface area (Å²) in [6.45, 7) is 0. The van der Waals surface area contributed by atoms with Crippen molar-refractivity contribution in [1.29, 1.82) is 0 Å². The predicted molar refractivity (Wildman–Crippen MR) is 99.4 cm³/mol. The highest BCUT2D eigenvalue weighted by Crippen LogP contribution is 2.25. The van der Waals surface area contributed by atoms with Gasteiger partial charge in [0.15, 0.2) is 5.16 Å². The molecule has 0 bridgehead atoms. The van der Waals surface area contributed by atoms with Crippen LogP contribution in [0, 0.1) is 0 Å². The van der Waals surface area contributed by atoms with Gasteiger partial charge in [0.25, 0.3) is 0 Å². The van der Waals surface area contributed by atoms with Crippen molar-refractivity contribution in [1.82, 2.24) is 19.7 Å². The largest absolute Gasteiger partial charge is 0.497 e. The van der Waals surface area contributed by atoms with Crippen LogP contribution in [0.3, 0.4) is 0 Å². The van der Waals surface area contributed by atoms with Crippen molar-refractivity contribution >= 4 is 11.8 Å². The first-order valence-corrected chi connectivity index (χ1v) is 9.00. The van der Waals surface area contributed by atoms with Crippen molar-refractivity contribution in [3.63, 3.8) is 0 Å². The lowest BCUT2D eigenvalue weighted by Crippen LogP contribution is -1.95. The Balaban J connectivity index is 1.46. The summed E-state index contributed by atoms with van der Waals surface area (Å²) in [5.74, 6) is 2.46. The van der Waals surface area contributed by atoms with Crippen molar-refractivity contribution in [2.24, 2.45) is 0 Å². The van der Waals surface area contributed by atoms with Crippen molar-refractivity contribution in [3.8, 4) is 22.8 Å². The van der Waals surface area contributed by atoms with Gasteiger partial charge in [0.05, 0.1) is 12.9 Å². The Bertz CT molecular complexity index is 980. The third kappa shape index (κ3) is 3.48. The van der Waals surface area contributed by atoms with Gasteiger partial charge in [-0.2, -0.15) is 4.98 Å². The quantitative estimate of drug-likeness (QED) is 0.477. The summed E-state index contributed by atoms with van der Waals surface area (Å²) in [6.07, 6.45) is 3.72. The van der Waals surface area contributed by atoms with E-state index < -0.39 is 0 Å². The van der Waals surface area contributed by atoms with E-state index in [1.54, 1.807) is 25.1 Å². The molecule has 0 saturated heterocycles. The van der Waals surface area contributed by atoms with E-state index in [4.69, 9.17) is 9.26 Å². The topological polar surface area (TPSA) is 66.0 Å². The summed E-state index contributed by atoms with van der Waals surface area (Å²) in [5.41, 5.74) is 1.95. The minimum Gasteiger partial charge on any atom is -0.497 e. The van der Waals surface area contributed by atoms with Gasteiger partial charge in [-0.3, -0.25) is 4.57 Å². The highest BCUT2D eigenvalue weighted by Gasteiger charge is 2.12. The van der Waals surface area contributed by atoms with Crippen molar-refractivity contribution in [3.05, 3.63) is 72.9 Å². The van der Waals surface area contributed by atoms with Crippen LogP contribution in [0.15, 0.2) is 76.7 Å². The van der Waals surface area contributed by atoms with Gasteiger partial charge in [0.2, 0.25) is 11.7 Å². The zero-order valence-corrected chi connectivity index (χ0v) is 14.9. The second-order valence-corrected chi connectivity index (χ2v) is 6.39. The van der Waals surface area contributed by atoms with Crippen LogP contribution < -0.4 is 4.74 Å². The Labute approximate surface area is 154 Å². The fraction of sp³-hybridized carbons (Fsp3) is 0.105. The molecule has 4 aromatic rings. The van der Waals surface area contributed by atoms with Crippen molar-refractivity contribution in [2.75, 3.05) is 7.11 Å². The molecule has 0 radical (unpaired) electrons. The molecule has 0 atom stereocenters. The highest BCUT2D eigenvalue weighted by atomic mass is 32.2. The number of thioether (sulfide) groups is 1. The van der Waals surface area contributed by atoms with Crippen LogP contribution in [-0.4, -0.2) is 26.8 Å². The molecule has 7 heteroatoms. The summed E-state index contributed by atoms with van der Waals surface area (Å²) in [5, 5.41) is 4.93. The summed E-state index contributed by atoms with van der Waals surface area (Å²) in [7, 11) is 1.64. The highest BCUT2D eigenvalue weighted by molar-refractivity contribution is 7.98. The maximum Gasteiger partial charge on any atom is 0.237 e. The average molecular weight is 364 g/mol. The molecule has 0 spiro atoms. The molecule has 0 aliphatic heterocycles. The van der Waals surface area contributed by atoms with Crippen LogP contribution in [0.1, 0.15) is 5.89 Å². The first-order valence-electron chi connectivity index (χ1n) is 8.02. The van der Waals surface area contributed by atoms with Gasteiger partial charge < -0.3 is 9.26 Å². The Hall–Kier alpha value is -3.06. The van der Waals surface area contributed by atoms with Gasteiger partial charge in [-0.25, -0.2) is 4.98 Å². The Kier molecular flexibility index (Phi) is 4.70. The Morgan fingerprint density at radius 3 is 2.65 bits per heavy atom. The summed E-state index contributed by atoms with van der Waals surface area (Å²) in [4.78, 5) is 8.88. The van der Waals surface area contributed by atoms with E-state index in [2.05, 4.69) is 15.1 Å². The molecule has 26 heavy (non-hydrogen) atoms. The van der Waals surface area contributed by atoms with E-state index in [0.717, 1.165) is 22.2 Å². The summed E-state index contributed by atoms with van der Waals surface area (Å²) < 4.78 is 12.6. The molecule has 130 valence electrons. The smallest absolute Gasteiger partial charge is 0.237 e. The molecule has 0 fully saturated rings. The average Bonchev–Trinajstić information content (AvgIpc) is 3.36. The zero-order valence-electron chi connectivity index (χ0n) is 14.1. The van der Waals surface area contributed by atoms with Gasteiger partial charge >= 0.3 is 0 Å². The number of ether oxygens (including phenoxy) is 1. The van der Waals surface area contributed by atoms with E-state index in [-0.39, 0.29) is 0 Å². The molecule has 0 aliphatic rings. The summed E-state index contributed by atoms with van der Waals surface area (Å²) in [6, 6.07) is 17.6. The number of methoxy groups -OCH3 is 1. The maximum absolute atomic E-state index is 5.37. The fourth-order valence-electron chi connectivity index (χ4n) is 2.48. The predicted octanol–water partition coefficient (Wildman–Crippen LogP) is 4.22. The molecule has 0 unspecified atom stereocenters. The molecule has 2 aromatic carbocycles. The van der Waals surface area contributed by atoms with Crippen LogP contribution in [0.4, 0.5) is 0 Å². The number of para-hydroxylation sites is 1. The van der Waals surface area contributed by atoms with E-state index in [1.807, 2.05) is 65.4 Å². The molecule has 0 amide bonds. The second-order valence-electron chi connectivity index (χ2n) is 5.44.